The zero-order chi connectivity index (χ0) is 32.1. The highest BCUT2D eigenvalue weighted by Gasteiger charge is 2.22. The second kappa shape index (κ2) is 13.5. The fourth-order valence-electron chi connectivity index (χ4n) is 5.14. The lowest BCUT2D eigenvalue weighted by atomic mass is 9.95. The number of pyridine rings is 1. The zero-order valence-electron chi connectivity index (χ0n) is 25.1. The fraction of sp³-hybridized carbons (Fsp3) is 0.229. The number of carbonyl (C=O) groups is 2. The second-order valence-electron chi connectivity index (χ2n) is 11.8. The van der Waals surface area contributed by atoms with Crippen LogP contribution in [0.5, 0.6) is 0 Å². The van der Waals surface area contributed by atoms with Gasteiger partial charge in [0.05, 0.1) is 18.2 Å². The smallest absolute Gasteiger partial charge is 0.407 e. The Labute approximate surface area is 265 Å². The SMILES string of the molecule is CC(C)(C)OC(=O)NCc1ccc2[nH]cc(CC(=O)N[C@@H](Cc3cc(F)cc(F)c3)c3ncccc3-c3ccc(Cl)cc3)c2c1. The Kier molecular flexibility index (Phi) is 9.48. The average molecular weight is 631 g/mol. The molecule has 45 heavy (non-hydrogen) atoms. The molecule has 10 heteroatoms. The van der Waals surface area contributed by atoms with Crippen LogP contribution in [0.3, 0.4) is 0 Å². The van der Waals surface area contributed by atoms with Crippen LogP contribution in [-0.2, 0) is 28.9 Å². The molecule has 2 aromatic heterocycles. The molecule has 3 N–H and O–H groups in total. The van der Waals surface area contributed by atoms with Crippen molar-refractivity contribution in [3.05, 3.63) is 124 Å². The Bertz CT molecular complexity index is 1810. The van der Waals surface area contributed by atoms with Crippen LogP contribution >= 0.6 is 11.6 Å². The number of rotatable bonds is 9. The van der Waals surface area contributed by atoms with Crippen LogP contribution in [0.2, 0.25) is 5.02 Å². The van der Waals surface area contributed by atoms with Crippen LogP contribution < -0.4 is 10.6 Å². The van der Waals surface area contributed by atoms with E-state index in [0.29, 0.717) is 16.3 Å². The van der Waals surface area contributed by atoms with Crippen LogP contribution in [-0.4, -0.2) is 27.6 Å². The largest absolute Gasteiger partial charge is 0.444 e. The summed E-state index contributed by atoms with van der Waals surface area (Å²) in [7, 11) is 0. The quantitative estimate of drug-likeness (QED) is 0.155. The Morgan fingerprint density at radius 1 is 0.978 bits per heavy atom. The number of hydrogen-bond acceptors (Lipinski definition) is 4. The molecule has 232 valence electrons. The molecule has 0 aliphatic heterocycles. The van der Waals surface area contributed by atoms with Crippen molar-refractivity contribution in [2.24, 2.45) is 0 Å². The summed E-state index contributed by atoms with van der Waals surface area (Å²) in [5.74, 6) is -1.71. The van der Waals surface area contributed by atoms with E-state index >= 15 is 0 Å². The van der Waals surface area contributed by atoms with Crippen molar-refractivity contribution < 1.29 is 23.1 Å². The number of halogens is 3. The monoisotopic (exact) mass is 630 g/mol. The average Bonchev–Trinajstić information content (AvgIpc) is 3.36. The predicted octanol–water partition coefficient (Wildman–Crippen LogP) is 7.83. The van der Waals surface area contributed by atoms with Crippen LogP contribution in [0.4, 0.5) is 13.6 Å². The minimum absolute atomic E-state index is 0.0278. The van der Waals surface area contributed by atoms with Gasteiger partial charge in [-0.15, -0.1) is 0 Å². The number of aromatic nitrogens is 2. The van der Waals surface area contributed by atoms with Crippen molar-refractivity contribution in [1.29, 1.82) is 0 Å². The number of alkyl carbamates (subject to hydrolysis) is 1. The van der Waals surface area contributed by atoms with Crippen molar-refractivity contribution in [3.8, 4) is 11.1 Å². The van der Waals surface area contributed by atoms with Gasteiger partial charge in [-0.25, -0.2) is 13.6 Å². The Balaban J connectivity index is 1.40. The van der Waals surface area contributed by atoms with Crippen molar-refractivity contribution >= 4 is 34.5 Å². The molecule has 2 heterocycles. The summed E-state index contributed by atoms with van der Waals surface area (Å²) in [5.41, 5.74) is 4.31. The van der Waals surface area contributed by atoms with E-state index in [1.54, 1.807) is 51.4 Å². The first-order valence-corrected chi connectivity index (χ1v) is 14.8. The van der Waals surface area contributed by atoms with Gasteiger partial charge in [-0.2, -0.15) is 0 Å². The van der Waals surface area contributed by atoms with Crippen molar-refractivity contribution in [1.82, 2.24) is 20.6 Å². The van der Waals surface area contributed by atoms with E-state index < -0.39 is 29.4 Å². The zero-order valence-corrected chi connectivity index (χ0v) is 25.8. The minimum atomic E-state index is -0.704. The predicted molar refractivity (Wildman–Crippen MR) is 171 cm³/mol. The number of aromatic amines is 1. The molecule has 0 saturated carbocycles. The molecular formula is C35H33ClF2N4O3. The van der Waals surface area contributed by atoms with E-state index in [0.717, 1.165) is 39.2 Å². The molecule has 2 amide bonds. The number of H-pyrrole nitrogens is 1. The summed E-state index contributed by atoms with van der Waals surface area (Å²) in [6, 6.07) is 19.2. The highest BCUT2D eigenvalue weighted by atomic mass is 35.5. The summed E-state index contributed by atoms with van der Waals surface area (Å²) >= 11 is 6.11. The van der Waals surface area contributed by atoms with Gasteiger partial charge in [0, 0.05) is 46.5 Å². The van der Waals surface area contributed by atoms with Crippen LogP contribution in [0.15, 0.2) is 85.2 Å². The molecule has 0 bridgehead atoms. The highest BCUT2D eigenvalue weighted by molar-refractivity contribution is 6.30. The molecule has 0 spiro atoms. The number of fused-ring (bicyclic) bond motifs is 1. The van der Waals surface area contributed by atoms with Gasteiger partial charge < -0.3 is 20.4 Å². The summed E-state index contributed by atoms with van der Waals surface area (Å²) in [4.78, 5) is 33.5. The van der Waals surface area contributed by atoms with E-state index in [9.17, 15) is 18.4 Å². The number of nitrogens with one attached hydrogen (secondary N) is 3. The fourth-order valence-corrected chi connectivity index (χ4v) is 5.26. The lowest BCUT2D eigenvalue weighted by Gasteiger charge is -2.22. The summed E-state index contributed by atoms with van der Waals surface area (Å²) in [6.45, 7) is 5.64. The van der Waals surface area contributed by atoms with Crippen LogP contribution in [0.1, 0.15) is 49.2 Å². The summed E-state index contributed by atoms with van der Waals surface area (Å²) in [5, 5.41) is 7.22. The number of ether oxygens (including phenoxy) is 1. The lowest BCUT2D eigenvalue weighted by molar-refractivity contribution is -0.121. The maximum Gasteiger partial charge on any atom is 0.407 e. The van der Waals surface area contributed by atoms with Gasteiger partial charge >= 0.3 is 6.09 Å². The molecule has 7 nitrogen and oxygen atoms in total. The van der Waals surface area contributed by atoms with Crippen molar-refractivity contribution in [2.75, 3.05) is 0 Å². The van der Waals surface area contributed by atoms with E-state index in [2.05, 4.69) is 20.6 Å². The molecule has 5 rings (SSSR count). The molecule has 0 aliphatic rings. The second-order valence-corrected chi connectivity index (χ2v) is 12.2. The van der Waals surface area contributed by atoms with Gasteiger partial charge in [-0.05, 0) is 91.9 Å². The van der Waals surface area contributed by atoms with E-state index in [1.807, 2.05) is 36.4 Å². The van der Waals surface area contributed by atoms with Gasteiger partial charge in [0.1, 0.15) is 17.2 Å². The van der Waals surface area contributed by atoms with Crippen molar-refractivity contribution in [2.45, 2.75) is 51.8 Å². The number of nitrogens with zero attached hydrogens (tertiary/aromatic N) is 1. The number of hydrogen-bond donors (Lipinski definition) is 3. The normalized spacial score (nSPS) is 12.1. The van der Waals surface area contributed by atoms with Gasteiger partial charge in [-0.3, -0.25) is 9.78 Å². The third-order valence-corrected chi connectivity index (χ3v) is 7.29. The molecular weight excluding hydrogens is 598 g/mol. The molecule has 0 radical (unpaired) electrons. The molecule has 0 saturated heterocycles. The van der Waals surface area contributed by atoms with Gasteiger partial charge in [0.2, 0.25) is 5.91 Å². The molecule has 3 aromatic carbocycles. The topological polar surface area (TPSA) is 96.1 Å². The number of carbonyl (C=O) groups excluding carboxylic acids is 2. The van der Waals surface area contributed by atoms with Crippen molar-refractivity contribution in [3.63, 3.8) is 0 Å². The van der Waals surface area contributed by atoms with E-state index in [1.165, 1.54) is 12.1 Å². The Morgan fingerprint density at radius 3 is 2.42 bits per heavy atom. The summed E-state index contributed by atoms with van der Waals surface area (Å²) in [6.07, 6.45) is 3.00. The number of benzene rings is 3. The van der Waals surface area contributed by atoms with Crippen LogP contribution in [0.25, 0.3) is 22.0 Å². The molecule has 0 unspecified atom stereocenters. The lowest BCUT2D eigenvalue weighted by Crippen LogP contribution is -2.32. The minimum Gasteiger partial charge on any atom is -0.444 e. The first-order chi connectivity index (χ1) is 21.4. The molecule has 0 aliphatic carbocycles. The van der Waals surface area contributed by atoms with Gasteiger partial charge in [0.15, 0.2) is 0 Å². The van der Waals surface area contributed by atoms with E-state index in [-0.39, 0.29) is 25.3 Å². The Morgan fingerprint density at radius 2 is 1.71 bits per heavy atom. The summed E-state index contributed by atoms with van der Waals surface area (Å²) < 4.78 is 33.6. The number of amides is 2. The molecule has 1 atom stereocenters. The van der Waals surface area contributed by atoms with E-state index in [4.69, 9.17) is 16.3 Å². The maximum atomic E-state index is 14.1. The first-order valence-electron chi connectivity index (χ1n) is 14.4. The Hall–Kier alpha value is -4.76. The molecule has 0 fully saturated rings. The standard InChI is InChI=1S/C35H33ClF2N4O3/c1-35(2,3)45-34(44)41-19-21-6-11-30-29(15-21)24(20-40-30)17-32(43)42-31(16-22-13-26(37)18-27(38)14-22)33-28(5-4-12-39-33)23-7-9-25(36)10-8-23/h4-15,18,20,31,40H,16-17,19H2,1-3H3,(H,41,44)(H,42,43)/t31-/m0/s1. The van der Waals surface area contributed by atoms with Crippen LogP contribution in [0, 0.1) is 11.6 Å². The molecule has 5 aromatic rings. The third-order valence-electron chi connectivity index (χ3n) is 7.04. The highest BCUT2D eigenvalue weighted by Crippen LogP contribution is 2.30. The van der Waals surface area contributed by atoms with Gasteiger partial charge in [0.25, 0.3) is 0 Å². The van der Waals surface area contributed by atoms with Gasteiger partial charge in [-0.1, -0.05) is 35.9 Å². The first kappa shape index (κ1) is 31.7. The maximum absolute atomic E-state index is 14.1. The third kappa shape index (κ3) is 8.45.